The van der Waals surface area contributed by atoms with E-state index < -0.39 is 0 Å². The van der Waals surface area contributed by atoms with Gasteiger partial charge < -0.3 is 15.7 Å². The lowest BCUT2D eigenvalue weighted by molar-refractivity contribution is -0.140. The van der Waals surface area contributed by atoms with Crippen LogP contribution in [0.15, 0.2) is 0 Å². The first-order valence-electron chi connectivity index (χ1n) is 7.79. The van der Waals surface area contributed by atoms with Crippen molar-refractivity contribution in [1.82, 2.24) is 4.90 Å². The summed E-state index contributed by atoms with van der Waals surface area (Å²) in [4.78, 5) is 14.5. The molecule has 1 aliphatic rings. The molecule has 0 spiro atoms. The van der Waals surface area contributed by atoms with E-state index in [1.807, 2.05) is 4.90 Å². The average Bonchev–Trinajstić information content (AvgIpc) is 2.47. The zero-order chi connectivity index (χ0) is 14.3. The molecule has 112 valence electrons. The van der Waals surface area contributed by atoms with E-state index in [9.17, 15) is 9.90 Å². The molecule has 4 nitrogen and oxygen atoms in total. The minimum atomic E-state index is 0.0559. The number of hydrogen-bond donors (Lipinski definition) is 2. The largest absolute Gasteiger partial charge is 0.395 e. The van der Waals surface area contributed by atoms with E-state index in [2.05, 4.69) is 13.8 Å². The van der Waals surface area contributed by atoms with E-state index in [0.717, 1.165) is 45.1 Å². The van der Waals surface area contributed by atoms with Crippen molar-refractivity contribution >= 4 is 5.91 Å². The number of hydrogen-bond acceptors (Lipinski definition) is 3. The van der Waals surface area contributed by atoms with Gasteiger partial charge in [-0.1, -0.05) is 13.8 Å². The molecule has 4 heteroatoms. The zero-order valence-electron chi connectivity index (χ0n) is 12.5. The summed E-state index contributed by atoms with van der Waals surface area (Å²) in [6.45, 7) is 5.49. The standard InChI is InChI=1S/C15H30N2O2/c1-3-14(4-2)17(9-10-18)15(19)13-7-5-12(11-16)6-8-13/h12-14,18H,3-11,16H2,1-2H3. The van der Waals surface area contributed by atoms with Gasteiger partial charge in [-0.2, -0.15) is 0 Å². The van der Waals surface area contributed by atoms with Crippen LogP contribution in [0.25, 0.3) is 0 Å². The zero-order valence-corrected chi connectivity index (χ0v) is 12.5. The van der Waals surface area contributed by atoms with Crippen molar-refractivity contribution in [3.8, 4) is 0 Å². The summed E-state index contributed by atoms with van der Waals surface area (Å²) < 4.78 is 0. The molecular weight excluding hydrogens is 240 g/mol. The van der Waals surface area contributed by atoms with Crippen molar-refractivity contribution in [1.29, 1.82) is 0 Å². The van der Waals surface area contributed by atoms with Crippen LogP contribution in [0.3, 0.4) is 0 Å². The number of nitrogens with two attached hydrogens (primary N) is 1. The lowest BCUT2D eigenvalue weighted by Crippen LogP contribution is -2.45. The fourth-order valence-corrected chi connectivity index (χ4v) is 3.19. The highest BCUT2D eigenvalue weighted by Crippen LogP contribution is 2.30. The van der Waals surface area contributed by atoms with Gasteiger partial charge in [0.05, 0.1) is 6.61 Å². The molecule has 0 aromatic carbocycles. The quantitative estimate of drug-likeness (QED) is 0.741. The van der Waals surface area contributed by atoms with Crippen LogP contribution in [0, 0.1) is 11.8 Å². The third kappa shape index (κ3) is 4.46. The number of carbonyl (C=O) groups is 1. The Kier molecular flexibility index (Phi) is 7.39. The van der Waals surface area contributed by atoms with Crippen LogP contribution in [-0.4, -0.2) is 41.7 Å². The molecule has 1 amide bonds. The molecule has 1 saturated carbocycles. The molecule has 1 aliphatic carbocycles. The molecule has 3 N–H and O–H groups in total. The topological polar surface area (TPSA) is 66.6 Å². The summed E-state index contributed by atoms with van der Waals surface area (Å²) in [6.07, 6.45) is 5.98. The average molecular weight is 270 g/mol. The Hall–Kier alpha value is -0.610. The van der Waals surface area contributed by atoms with Gasteiger partial charge in [0.2, 0.25) is 5.91 Å². The van der Waals surface area contributed by atoms with Gasteiger partial charge in [0.25, 0.3) is 0 Å². The molecular formula is C15H30N2O2. The van der Waals surface area contributed by atoms with Crippen LogP contribution in [0.4, 0.5) is 0 Å². The summed E-state index contributed by atoms with van der Waals surface area (Å²) in [5, 5.41) is 9.19. The second-order valence-corrected chi connectivity index (χ2v) is 5.68. The monoisotopic (exact) mass is 270 g/mol. The first kappa shape index (κ1) is 16.4. The number of aliphatic hydroxyl groups is 1. The van der Waals surface area contributed by atoms with E-state index in [0.29, 0.717) is 12.5 Å². The van der Waals surface area contributed by atoms with E-state index >= 15 is 0 Å². The molecule has 0 bridgehead atoms. The van der Waals surface area contributed by atoms with Gasteiger partial charge in [0.1, 0.15) is 0 Å². The Balaban J connectivity index is 2.61. The van der Waals surface area contributed by atoms with Crippen LogP contribution in [0.5, 0.6) is 0 Å². The number of rotatable bonds is 7. The predicted molar refractivity (Wildman–Crippen MR) is 77.7 cm³/mol. The van der Waals surface area contributed by atoms with Gasteiger partial charge in [-0.15, -0.1) is 0 Å². The predicted octanol–water partition coefficient (Wildman–Crippen LogP) is 1.76. The summed E-state index contributed by atoms with van der Waals surface area (Å²) in [6, 6.07) is 0.270. The summed E-state index contributed by atoms with van der Waals surface area (Å²) in [5.74, 6) is 0.997. The fraction of sp³-hybridized carbons (Fsp3) is 0.933. The number of aliphatic hydroxyl groups excluding tert-OH is 1. The van der Waals surface area contributed by atoms with Crippen LogP contribution in [0.2, 0.25) is 0 Å². The van der Waals surface area contributed by atoms with Crippen molar-refractivity contribution in [2.24, 2.45) is 17.6 Å². The van der Waals surface area contributed by atoms with Crippen molar-refractivity contribution in [2.75, 3.05) is 19.7 Å². The van der Waals surface area contributed by atoms with E-state index in [-0.39, 0.29) is 24.5 Å². The fourth-order valence-electron chi connectivity index (χ4n) is 3.19. The normalized spacial score (nSPS) is 23.6. The van der Waals surface area contributed by atoms with Crippen LogP contribution in [0.1, 0.15) is 52.4 Å². The van der Waals surface area contributed by atoms with Gasteiger partial charge in [-0.25, -0.2) is 0 Å². The first-order valence-corrected chi connectivity index (χ1v) is 7.79. The van der Waals surface area contributed by atoms with Crippen molar-refractivity contribution < 1.29 is 9.90 Å². The highest BCUT2D eigenvalue weighted by molar-refractivity contribution is 5.79. The second kappa shape index (κ2) is 8.54. The Morgan fingerprint density at radius 2 is 1.84 bits per heavy atom. The molecule has 0 atom stereocenters. The smallest absolute Gasteiger partial charge is 0.226 e. The van der Waals surface area contributed by atoms with Gasteiger partial charge in [-0.05, 0) is 51.0 Å². The lowest BCUT2D eigenvalue weighted by atomic mass is 9.81. The van der Waals surface area contributed by atoms with Crippen LogP contribution >= 0.6 is 0 Å². The van der Waals surface area contributed by atoms with Gasteiger partial charge in [0.15, 0.2) is 0 Å². The second-order valence-electron chi connectivity index (χ2n) is 5.68. The molecule has 19 heavy (non-hydrogen) atoms. The van der Waals surface area contributed by atoms with Crippen LogP contribution < -0.4 is 5.73 Å². The minimum Gasteiger partial charge on any atom is -0.395 e. The molecule has 0 unspecified atom stereocenters. The number of carbonyl (C=O) groups excluding carboxylic acids is 1. The van der Waals surface area contributed by atoms with Gasteiger partial charge in [-0.3, -0.25) is 4.79 Å². The Morgan fingerprint density at radius 1 is 1.26 bits per heavy atom. The Bertz CT molecular complexity index is 259. The molecule has 0 aliphatic heterocycles. The molecule has 0 aromatic heterocycles. The minimum absolute atomic E-state index is 0.0559. The van der Waals surface area contributed by atoms with Gasteiger partial charge in [0, 0.05) is 18.5 Å². The maximum atomic E-state index is 12.6. The van der Waals surface area contributed by atoms with Crippen molar-refractivity contribution in [3.63, 3.8) is 0 Å². The summed E-state index contributed by atoms with van der Waals surface area (Å²) in [5.41, 5.74) is 5.70. The molecule has 0 aromatic rings. The Morgan fingerprint density at radius 3 is 2.26 bits per heavy atom. The van der Waals surface area contributed by atoms with E-state index in [1.54, 1.807) is 0 Å². The maximum absolute atomic E-state index is 12.6. The first-order chi connectivity index (χ1) is 9.17. The highest BCUT2D eigenvalue weighted by Gasteiger charge is 2.31. The molecule has 1 fully saturated rings. The van der Waals surface area contributed by atoms with E-state index in [4.69, 9.17) is 5.73 Å². The van der Waals surface area contributed by atoms with Crippen molar-refractivity contribution in [2.45, 2.75) is 58.4 Å². The van der Waals surface area contributed by atoms with E-state index in [1.165, 1.54) is 0 Å². The highest BCUT2D eigenvalue weighted by atomic mass is 16.3. The summed E-state index contributed by atoms with van der Waals surface area (Å²) in [7, 11) is 0. The molecule has 0 radical (unpaired) electrons. The third-order valence-corrected chi connectivity index (χ3v) is 4.54. The number of nitrogens with zero attached hydrogens (tertiary/aromatic N) is 1. The molecule has 0 saturated heterocycles. The third-order valence-electron chi connectivity index (χ3n) is 4.54. The van der Waals surface area contributed by atoms with Crippen LogP contribution in [-0.2, 0) is 4.79 Å². The Labute approximate surface area is 117 Å². The maximum Gasteiger partial charge on any atom is 0.226 e. The number of amides is 1. The lowest BCUT2D eigenvalue weighted by Gasteiger charge is -2.35. The molecule has 1 rings (SSSR count). The van der Waals surface area contributed by atoms with Crippen molar-refractivity contribution in [3.05, 3.63) is 0 Å². The molecule has 0 heterocycles. The van der Waals surface area contributed by atoms with Gasteiger partial charge >= 0.3 is 0 Å². The SMILES string of the molecule is CCC(CC)N(CCO)C(=O)C1CCC(CN)CC1. The summed E-state index contributed by atoms with van der Waals surface area (Å²) >= 11 is 0.